The lowest BCUT2D eigenvalue weighted by atomic mass is 9.93. The number of carbonyl (C=O) groups is 2. The highest BCUT2D eigenvalue weighted by molar-refractivity contribution is 6.26. The molecule has 26 heavy (non-hydrogen) atoms. The summed E-state index contributed by atoms with van der Waals surface area (Å²) >= 11 is 0. The molecule has 1 N–H and O–H groups in total. The van der Waals surface area contributed by atoms with Crippen molar-refractivity contribution in [3.05, 3.63) is 71.5 Å². The van der Waals surface area contributed by atoms with Crippen LogP contribution in [0, 0.1) is 5.82 Å². The maximum absolute atomic E-state index is 13.1. The zero-order valence-electron chi connectivity index (χ0n) is 13.6. The van der Waals surface area contributed by atoms with E-state index in [0.717, 1.165) is 4.90 Å². The monoisotopic (exact) mass is 351 g/mol. The number of hydrogen-bond acceptors (Lipinski definition) is 4. The van der Waals surface area contributed by atoms with E-state index in [1.165, 1.54) is 24.3 Å². The number of carbonyl (C=O) groups excluding carboxylic acids is 2. The van der Waals surface area contributed by atoms with Gasteiger partial charge >= 0.3 is 0 Å². The topological polar surface area (TPSA) is 66.8 Å². The molecular formula is C20H14FNO4. The lowest BCUT2D eigenvalue weighted by molar-refractivity contribution is 0.0580. The minimum Gasteiger partial charge on any atom is -0.457 e. The molecule has 0 bridgehead atoms. The van der Waals surface area contributed by atoms with Gasteiger partial charge in [-0.05, 0) is 42.5 Å². The molecule has 2 amide bonds. The molecule has 0 radical (unpaired) electrons. The third kappa shape index (κ3) is 2.51. The molecule has 130 valence electrons. The van der Waals surface area contributed by atoms with Gasteiger partial charge in [-0.1, -0.05) is 12.1 Å². The maximum Gasteiger partial charge on any atom is 0.261 e. The van der Waals surface area contributed by atoms with Gasteiger partial charge in [-0.3, -0.25) is 14.5 Å². The summed E-state index contributed by atoms with van der Waals surface area (Å²) in [5.41, 5.74) is 0.769. The maximum atomic E-state index is 13.1. The Labute approximate surface area is 148 Å². The minimum absolute atomic E-state index is 0.0542. The predicted molar refractivity (Wildman–Crippen MR) is 92.9 cm³/mol. The highest BCUT2D eigenvalue weighted by atomic mass is 19.1. The van der Waals surface area contributed by atoms with Crippen LogP contribution in [0.5, 0.6) is 11.5 Å². The average molecular weight is 351 g/mol. The zero-order chi connectivity index (χ0) is 18.3. The molecule has 6 heteroatoms. The first kappa shape index (κ1) is 16.2. The number of benzene rings is 3. The van der Waals surface area contributed by atoms with Gasteiger partial charge in [0.2, 0.25) is 0 Å². The van der Waals surface area contributed by atoms with E-state index >= 15 is 0 Å². The molecular weight excluding hydrogens is 337 g/mol. The zero-order valence-corrected chi connectivity index (χ0v) is 13.6. The van der Waals surface area contributed by atoms with E-state index in [0.29, 0.717) is 33.4 Å². The number of halogens is 1. The van der Waals surface area contributed by atoms with Crippen molar-refractivity contribution in [1.29, 1.82) is 0 Å². The number of aliphatic hydroxyl groups is 1. The number of aliphatic hydroxyl groups excluding tert-OH is 1. The predicted octanol–water partition coefficient (Wildman–Crippen LogP) is 3.36. The lowest BCUT2D eigenvalue weighted by Crippen LogP contribution is -2.41. The van der Waals surface area contributed by atoms with Gasteiger partial charge in [0.1, 0.15) is 17.3 Å². The third-order valence-corrected chi connectivity index (χ3v) is 4.32. The first-order chi connectivity index (χ1) is 12.6. The van der Waals surface area contributed by atoms with Crippen molar-refractivity contribution in [3.63, 3.8) is 0 Å². The highest BCUT2D eigenvalue weighted by Crippen LogP contribution is 2.37. The van der Waals surface area contributed by atoms with Gasteiger partial charge in [0, 0.05) is 21.9 Å². The van der Waals surface area contributed by atoms with Gasteiger partial charge in [-0.2, -0.15) is 0 Å². The summed E-state index contributed by atoms with van der Waals surface area (Å²) in [5, 5.41) is 10.3. The fourth-order valence-electron chi connectivity index (χ4n) is 3.14. The van der Waals surface area contributed by atoms with Crippen molar-refractivity contribution in [2.45, 2.75) is 0 Å². The third-order valence-electron chi connectivity index (χ3n) is 4.32. The van der Waals surface area contributed by atoms with Gasteiger partial charge in [-0.15, -0.1) is 0 Å². The summed E-state index contributed by atoms with van der Waals surface area (Å²) in [6.45, 7) is -0.351. The Morgan fingerprint density at radius 3 is 2.31 bits per heavy atom. The largest absolute Gasteiger partial charge is 0.457 e. The Bertz CT molecular complexity index is 1010. The van der Waals surface area contributed by atoms with Crippen molar-refractivity contribution in [2.75, 3.05) is 13.2 Å². The average Bonchev–Trinajstić information content (AvgIpc) is 2.66. The van der Waals surface area contributed by atoms with Crippen molar-refractivity contribution in [2.24, 2.45) is 0 Å². The van der Waals surface area contributed by atoms with E-state index < -0.39 is 11.8 Å². The lowest BCUT2D eigenvalue weighted by Gasteiger charge is -2.27. The molecule has 0 fully saturated rings. The second kappa shape index (κ2) is 6.24. The standard InChI is InChI=1S/C20H14FNO4/c21-12-4-6-13(7-5-12)26-17-9-8-16-18-14(17)2-1-3-15(18)19(24)22(10-11-23)20(16)25/h1-9,23H,10-11H2. The fourth-order valence-corrected chi connectivity index (χ4v) is 3.14. The molecule has 3 aromatic carbocycles. The van der Waals surface area contributed by atoms with Crippen molar-refractivity contribution < 1.29 is 23.8 Å². The molecule has 4 rings (SSSR count). The molecule has 3 aromatic rings. The normalized spacial score (nSPS) is 13.4. The summed E-state index contributed by atoms with van der Waals surface area (Å²) in [6.07, 6.45) is 0. The molecule has 1 heterocycles. The molecule has 1 aliphatic rings. The van der Waals surface area contributed by atoms with Gasteiger partial charge in [0.05, 0.1) is 13.2 Å². The first-order valence-corrected chi connectivity index (χ1v) is 8.06. The van der Waals surface area contributed by atoms with E-state index in [-0.39, 0.29) is 19.0 Å². The molecule has 0 saturated heterocycles. The number of imide groups is 1. The van der Waals surface area contributed by atoms with E-state index in [1.807, 2.05) is 0 Å². The van der Waals surface area contributed by atoms with E-state index in [2.05, 4.69) is 0 Å². The van der Waals surface area contributed by atoms with Crippen molar-refractivity contribution >= 4 is 22.6 Å². The van der Waals surface area contributed by atoms with Crippen molar-refractivity contribution in [3.8, 4) is 11.5 Å². The molecule has 5 nitrogen and oxygen atoms in total. The minimum atomic E-state index is -0.443. The van der Waals surface area contributed by atoms with Crippen LogP contribution >= 0.6 is 0 Å². The Morgan fingerprint density at radius 2 is 1.62 bits per heavy atom. The van der Waals surface area contributed by atoms with Crippen LogP contribution in [0.2, 0.25) is 0 Å². The summed E-state index contributed by atoms with van der Waals surface area (Å²) in [6, 6.07) is 14.0. The Balaban J connectivity index is 1.85. The quantitative estimate of drug-likeness (QED) is 0.732. The summed E-state index contributed by atoms with van der Waals surface area (Å²) in [4.78, 5) is 26.3. The number of amides is 2. The molecule has 0 spiro atoms. The van der Waals surface area contributed by atoms with Gasteiger partial charge in [0.25, 0.3) is 11.8 Å². The van der Waals surface area contributed by atoms with Crippen LogP contribution in [0.4, 0.5) is 4.39 Å². The van der Waals surface area contributed by atoms with Crippen LogP contribution in [0.15, 0.2) is 54.6 Å². The molecule has 1 aliphatic heterocycles. The molecule has 0 aromatic heterocycles. The number of hydrogen-bond donors (Lipinski definition) is 1. The van der Waals surface area contributed by atoms with Crippen LogP contribution < -0.4 is 4.74 Å². The smallest absolute Gasteiger partial charge is 0.261 e. The Morgan fingerprint density at radius 1 is 0.923 bits per heavy atom. The van der Waals surface area contributed by atoms with Crippen LogP contribution in [0.3, 0.4) is 0 Å². The van der Waals surface area contributed by atoms with Crippen molar-refractivity contribution in [1.82, 2.24) is 4.90 Å². The van der Waals surface area contributed by atoms with E-state index in [9.17, 15) is 14.0 Å². The van der Waals surface area contributed by atoms with Crippen LogP contribution in [0.1, 0.15) is 20.7 Å². The van der Waals surface area contributed by atoms with Gasteiger partial charge in [0.15, 0.2) is 0 Å². The van der Waals surface area contributed by atoms with E-state index in [1.54, 1.807) is 30.3 Å². The molecule has 0 unspecified atom stereocenters. The van der Waals surface area contributed by atoms with Gasteiger partial charge < -0.3 is 9.84 Å². The second-order valence-corrected chi connectivity index (χ2v) is 5.88. The molecule has 0 saturated carbocycles. The summed E-state index contributed by atoms with van der Waals surface area (Å²) < 4.78 is 18.9. The first-order valence-electron chi connectivity index (χ1n) is 8.06. The molecule has 0 atom stereocenters. The Kier molecular flexibility index (Phi) is 3.89. The highest BCUT2D eigenvalue weighted by Gasteiger charge is 2.33. The van der Waals surface area contributed by atoms with E-state index in [4.69, 9.17) is 9.84 Å². The van der Waals surface area contributed by atoms with Crippen LogP contribution in [0.25, 0.3) is 10.8 Å². The second-order valence-electron chi connectivity index (χ2n) is 5.88. The number of ether oxygens (including phenoxy) is 1. The van der Waals surface area contributed by atoms with Gasteiger partial charge in [-0.25, -0.2) is 4.39 Å². The number of nitrogens with zero attached hydrogens (tertiary/aromatic N) is 1. The summed E-state index contributed by atoms with van der Waals surface area (Å²) in [7, 11) is 0. The molecule has 0 aliphatic carbocycles. The number of rotatable bonds is 4. The SMILES string of the molecule is O=C1c2cccc3c(Oc4ccc(F)cc4)ccc(c23)C(=O)N1CCO. The number of β-amino-alcohol motifs (C(OH)–C–C–N with tert-alkyl or cyclic N) is 1. The fraction of sp³-hybridized carbons (Fsp3) is 0.100. The van der Waals surface area contributed by atoms with Crippen LogP contribution in [-0.2, 0) is 0 Å². The van der Waals surface area contributed by atoms with Crippen LogP contribution in [-0.4, -0.2) is 35.0 Å². The Hall–Kier alpha value is -3.25. The summed E-state index contributed by atoms with van der Waals surface area (Å²) in [5.74, 6) is -0.340.